The second-order valence-electron chi connectivity index (χ2n) is 5.70. The number of nitro groups is 1. The van der Waals surface area contributed by atoms with E-state index in [0.29, 0.717) is 0 Å². The van der Waals surface area contributed by atoms with Gasteiger partial charge >= 0.3 is 11.2 Å². The highest BCUT2D eigenvalue weighted by molar-refractivity contribution is 7.99. The van der Waals surface area contributed by atoms with E-state index in [2.05, 4.69) is 34.2 Å². The molecule has 0 saturated heterocycles. The van der Waals surface area contributed by atoms with E-state index in [9.17, 15) is 20.0 Å². The number of aromatic nitrogens is 2. The van der Waals surface area contributed by atoms with Gasteiger partial charge in [0.05, 0.1) is 4.92 Å². The van der Waals surface area contributed by atoms with Gasteiger partial charge in [-0.1, -0.05) is 47.7 Å². The number of aromatic hydroxyl groups is 1. The quantitative estimate of drug-likeness (QED) is 0.510. The molecule has 2 N–H and O–H groups in total. The molecule has 0 aliphatic heterocycles. The topological polar surface area (TPSA) is 109 Å². The first kappa shape index (κ1) is 18.4. The third-order valence-electron chi connectivity index (χ3n) is 3.65. The van der Waals surface area contributed by atoms with Crippen LogP contribution in [0.3, 0.4) is 0 Å². The summed E-state index contributed by atoms with van der Waals surface area (Å²) in [5.74, 6) is -0.880. The summed E-state index contributed by atoms with van der Waals surface area (Å²) in [6.45, 7) is 2.04. The molecular formula is C19H15N3O4S. The largest absolute Gasteiger partial charge is 0.488 e. The first-order valence-electron chi connectivity index (χ1n) is 7.93. The second kappa shape index (κ2) is 7.88. The highest BCUT2D eigenvalue weighted by Crippen LogP contribution is 2.28. The summed E-state index contributed by atoms with van der Waals surface area (Å²) in [6, 6.07) is 16.0. The molecule has 2 aromatic carbocycles. The van der Waals surface area contributed by atoms with E-state index >= 15 is 0 Å². The molecule has 0 radical (unpaired) electrons. The molecule has 27 heavy (non-hydrogen) atoms. The number of aryl methyl sites for hydroxylation is 1. The number of benzene rings is 2. The molecule has 1 heterocycles. The number of rotatable bonds is 5. The first-order valence-corrected chi connectivity index (χ1v) is 8.74. The Hall–Kier alpha value is -3.39. The van der Waals surface area contributed by atoms with Gasteiger partial charge in [0.1, 0.15) is 5.82 Å². The highest BCUT2D eigenvalue weighted by Gasteiger charge is 2.21. The van der Waals surface area contributed by atoms with Crippen LogP contribution in [-0.4, -0.2) is 20.0 Å². The van der Waals surface area contributed by atoms with Crippen molar-refractivity contribution in [2.24, 2.45) is 0 Å². The van der Waals surface area contributed by atoms with Gasteiger partial charge in [-0.2, -0.15) is 4.98 Å². The Morgan fingerprint density at radius 3 is 2.22 bits per heavy atom. The van der Waals surface area contributed by atoms with Crippen LogP contribution in [0.25, 0.3) is 12.2 Å². The van der Waals surface area contributed by atoms with Gasteiger partial charge in [-0.05, 0) is 42.8 Å². The van der Waals surface area contributed by atoms with Crippen molar-refractivity contribution >= 4 is 29.6 Å². The predicted molar refractivity (Wildman–Crippen MR) is 104 cm³/mol. The Labute approximate surface area is 158 Å². The van der Waals surface area contributed by atoms with E-state index in [1.165, 1.54) is 11.6 Å². The van der Waals surface area contributed by atoms with Crippen LogP contribution in [0.15, 0.2) is 63.1 Å². The third kappa shape index (κ3) is 4.62. The van der Waals surface area contributed by atoms with Crippen molar-refractivity contribution in [3.63, 3.8) is 0 Å². The fourth-order valence-electron chi connectivity index (χ4n) is 2.28. The third-order valence-corrected chi connectivity index (χ3v) is 4.66. The first-order chi connectivity index (χ1) is 12.9. The highest BCUT2D eigenvalue weighted by atomic mass is 32.2. The molecule has 8 heteroatoms. The van der Waals surface area contributed by atoms with E-state index in [1.54, 1.807) is 17.8 Å². The Balaban J connectivity index is 1.73. The molecule has 136 valence electrons. The van der Waals surface area contributed by atoms with Gasteiger partial charge < -0.3 is 10.1 Å². The second-order valence-corrected chi connectivity index (χ2v) is 6.84. The minimum absolute atomic E-state index is 0.0289. The number of hydrogen-bond acceptors (Lipinski definition) is 6. The lowest BCUT2D eigenvalue weighted by Gasteiger charge is -2.03. The predicted octanol–water partition coefficient (Wildman–Crippen LogP) is 4.01. The maximum atomic E-state index is 11.6. The van der Waals surface area contributed by atoms with E-state index in [0.717, 1.165) is 15.4 Å². The van der Waals surface area contributed by atoms with Crippen molar-refractivity contribution in [1.82, 2.24) is 9.97 Å². The molecule has 0 amide bonds. The molecule has 0 spiro atoms. The van der Waals surface area contributed by atoms with Crippen LogP contribution in [0.1, 0.15) is 17.0 Å². The van der Waals surface area contributed by atoms with Gasteiger partial charge in [0, 0.05) is 9.79 Å². The standard InChI is InChI=1S/C19H15N3O4S/c1-12-2-7-14(8-3-12)27-15-9-4-13(5-10-15)6-11-16-20-18(23)17(22(25)26)19(24)21-16/h2-11H,1H3,(H2,20,21,23,24). The van der Waals surface area contributed by atoms with Crippen molar-refractivity contribution in [3.8, 4) is 5.88 Å². The van der Waals surface area contributed by atoms with Gasteiger partial charge in [0.15, 0.2) is 0 Å². The summed E-state index contributed by atoms with van der Waals surface area (Å²) in [5, 5.41) is 20.2. The Bertz CT molecular complexity index is 1060. The zero-order valence-corrected chi connectivity index (χ0v) is 15.1. The zero-order chi connectivity index (χ0) is 19.4. The van der Waals surface area contributed by atoms with Gasteiger partial charge in [0.2, 0.25) is 0 Å². The summed E-state index contributed by atoms with van der Waals surface area (Å²) in [4.78, 5) is 29.4. The minimum Gasteiger partial charge on any atom is -0.488 e. The number of H-pyrrole nitrogens is 1. The Morgan fingerprint density at radius 1 is 1.07 bits per heavy atom. The van der Waals surface area contributed by atoms with Crippen molar-refractivity contribution in [1.29, 1.82) is 0 Å². The molecule has 0 bridgehead atoms. The molecule has 0 saturated carbocycles. The van der Waals surface area contributed by atoms with Gasteiger partial charge in [-0.25, -0.2) is 0 Å². The maximum absolute atomic E-state index is 11.6. The van der Waals surface area contributed by atoms with E-state index < -0.39 is 22.0 Å². The maximum Gasteiger partial charge on any atom is 0.395 e. The number of hydrogen-bond donors (Lipinski definition) is 2. The van der Waals surface area contributed by atoms with Gasteiger partial charge in [-0.3, -0.25) is 14.9 Å². The van der Waals surface area contributed by atoms with E-state index in [4.69, 9.17) is 0 Å². The lowest BCUT2D eigenvalue weighted by Crippen LogP contribution is -2.14. The Morgan fingerprint density at radius 2 is 1.67 bits per heavy atom. The molecule has 1 aromatic heterocycles. The molecule has 0 atom stereocenters. The zero-order valence-electron chi connectivity index (χ0n) is 14.2. The molecular weight excluding hydrogens is 366 g/mol. The van der Waals surface area contributed by atoms with Crippen LogP contribution in [0.5, 0.6) is 5.88 Å². The molecule has 3 aromatic rings. The van der Waals surface area contributed by atoms with Gasteiger partial charge in [0.25, 0.3) is 5.88 Å². The van der Waals surface area contributed by atoms with E-state index in [-0.39, 0.29) is 5.82 Å². The Kier molecular flexibility index (Phi) is 5.37. The molecule has 0 aliphatic rings. The molecule has 0 fully saturated rings. The average Bonchev–Trinajstić information content (AvgIpc) is 2.62. The summed E-state index contributed by atoms with van der Waals surface area (Å²) < 4.78 is 0. The normalized spacial score (nSPS) is 11.0. The fourth-order valence-corrected chi connectivity index (χ4v) is 3.10. The lowest BCUT2D eigenvalue weighted by molar-refractivity contribution is -0.387. The SMILES string of the molecule is Cc1ccc(Sc2ccc(C=Cc3nc(O)c([N+](=O)[O-])c(=O)[nH]3)cc2)cc1. The minimum atomic E-state index is -1.00. The number of nitrogens with zero attached hydrogens (tertiary/aromatic N) is 2. The van der Waals surface area contributed by atoms with Crippen molar-refractivity contribution in [3.05, 3.63) is 86.0 Å². The van der Waals surface area contributed by atoms with Crippen LogP contribution in [0.4, 0.5) is 5.69 Å². The molecule has 3 rings (SSSR count). The summed E-state index contributed by atoms with van der Waals surface area (Å²) >= 11 is 1.65. The molecule has 7 nitrogen and oxygen atoms in total. The van der Waals surface area contributed by atoms with Crippen molar-refractivity contribution in [2.45, 2.75) is 16.7 Å². The van der Waals surface area contributed by atoms with Crippen molar-refractivity contribution < 1.29 is 10.0 Å². The molecule has 0 aliphatic carbocycles. The summed E-state index contributed by atoms with van der Waals surface area (Å²) in [6.07, 6.45) is 3.15. The summed E-state index contributed by atoms with van der Waals surface area (Å²) in [5.41, 5.74) is 0.0918. The average molecular weight is 381 g/mol. The number of nitrogens with one attached hydrogen (secondary N) is 1. The smallest absolute Gasteiger partial charge is 0.395 e. The lowest BCUT2D eigenvalue weighted by atomic mass is 10.2. The van der Waals surface area contributed by atoms with Crippen LogP contribution in [0, 0.1) is 17.0 Å². The van der Waals surface area contributed by atoms with E-state index in [1.807, 2.05) is 31.2 Å². The van der Waals surface area contributed by atoms with Crippen LogP contribution in [-0.2, 0) is 0 Å². The van der Waals surface area contributed by atoms with Crippen LogP contribution >= 0.6 is 11.8 Å². The van der Waals surface area contributed by atoms with Gasteiger partial charge in [-0.15, -0.1) is 0 Å². The van der Waals surface area contributed by atoms with Crippen LogP contribution in [0.2, 0.25) is 0 Å². The summed E-state index contributed by atoms with van der Waals surface area (Å²) in [7, 11) is 0. The number of aromatic amines is 1. The molecule has 0 unspecified atom stereocenters. The fraction of sp³-hybridized carbons (Fsp3) is 0.0526. The van der Waals surface area contributed by atoms with Crippen LogP contribution < -0.4 is 5.56 Å². The van der Waals surface area contributed by atoms with Crippen molar-refractivity contribution in [2.75, 3.05) is 0 Å². The monoisotopic (exact) mass is 381 g/mol.